The van der Waals surface area contributed by atoms with Crippen LogP contribution in [0.1, 0.15) is 144 Å². The van der Waals surface area contributed by atoms with Crippen LogP contribution < -0.4 is 21.3 Å². The summed E-state index contributed by atoms with van der Waals surface area (Å²) in [5.74, 6) is 7.20. The van der Waals surface area contributed by atoms with Crippen molar-refractivity contribution in [2.45, 2.75) is 153 Å². The van der Waals surface area contributed by atoms with E-state index in [1.165, 1.54) is 56.6 Å². The number of benzene rings is 1. The minimum Gasteiger partial charge on any atom is -0.453 e. The summed E-state index contributed by atoms with van der Waals surface area (Å²) >= 11 is 0. The number of hydrogen-bond donors (Lipinski definition) is 5. The highest BCUT2D eigenvalue weighted by atomic mass is 16.5. The Bertz CT molecular complexity index is 2130. The maximum absolute atomic E-state index is 14.0. The monoisotopic (exact) mass is 867 g/mol. The minimum atomic E-state index is -0.712. The van der Waals surface area contributed by atoms with Crippen molar-refractivity contribution < 1.29 is 33.4 Å². The van der Waals surface area contributed by atoms with Crippen molar-refractivity contribution in [1.29, 1.82) is 0 Å². The van der Waals surface area contributed by atoms with Gasteiger partial charge >= 0.3 is 12.2 Å². The second kappa shape index (κ2) is 18.6. The fourth-order valence-corrected chi connectivity index (χ4v) is 11.8. The Balaban J connectivity index is 0.968. The molecule has 3 aliphatic carbocycles. The van der Waals surface area contributed by atoms with Crippen LogP contribution in [0.5, 0.6) is 0 Å². The van der Waals surface area contributed by atoms with E-state index in [1.807, 2.05) is 37.5 Å². The molecular weight excluding hydrogens is 801 g/mol. The molecule has 8 rings (SSSR count). The average Bonchev–Trinajstić information content (AvgIpc) is 4.14. The van der Waals surface area contributed by atoms with E-state index in [4.69, 9.17) is 14.5 Å². The van der Waals surface area contributed by atoms with Gasteiger partial charge in [0.05, 0.1) is 38.4 Å². The topological polar surface area (TPSA) is 187 Å². The average molecular weight is 867 g/mol. The summed E-state index contributed by atoms with van der Waals surface area (Å²) in [5.41, 5.74) is 6.16. The number of rotatable bonds is 9. The number of nitrogens with one attached hydrogen (secondary N) is 5. The Morgan fingerprint density at radius 2 is 1.48 bits per heavy atom. The Kier molecular flexibility index (Phi) is 13.1. The van der Waals surface area contributed by atoms with E-state index < -0.39 is 24.3 Å². The van der Waals surface area contributed by atoms with Crippen molar-refractivity contribution in [3.05, 3.63) is 52.1 Å². The molecule has 6 aliphatic rings. The quantitative estimate of drug-likeness (QED) is 0.212. The summed E-state index contributed by atoms with van der Waals surface area (Å²) in [6, 6.07) is 2.65. The van der Waals surface area contributed by atoms with Crippen LogP contribution in [0.3, 0.4) is 0 Å². The lowest BCUT2D eigenvalue weighted by atomic mass is 9.72. The molecule has 4 heterocycles. The number of amides is 5. The highest BCUT2D eigenvalue weighted by Crippen LogP contribution is 2.52. The number of alkyl carbamates (subject to hydrolysis) is 2. The van der Waals surface area contributed by atoms with E-state index in [1.54, 1.807) is 6.20 Å². The predicted molar refractivity (Wildman–Crippen MR) is 235 cm³/mol. The van der Waals surface area contributed by atoms with Gasteiger partial charge in [-0.15, -0.1) is 0 Å². The standard InChI is InChI=1S/C48H66N8O7/c1-27(2)39(52-46(60)62-5)44(58)55-21-9-11-37(55)41-49-26-31(50-41)16-13-29-14-17-32(35-25-48(24-34(29)35)19-7-8-20-48)30-15-18-36-33(23-30)43(57)54-42(51-36)38-12-10-22-56(38)45(59)40(28(3)4)53-47(61)63-6/h14,17,26-28,30,33,36-40,42,51H,7-12,15,18-25H2,1-6H3,(H,49,50)(H,52,60)(H,53,61)(H,54,57)/t30?,33?,36?,37-,38-,39-,40-,42?/m0/s1. The molecule has 2 saturated carbocycles. The van der Waals surface area contributed by atoms with Crippen LogP contribution in [0.15, 0.2) is 18.3 Å². The number of H-pyrrole nitrogens is 1. The summed E-state index contributed by atoms with van der Waals surface area (Å²) in [6.07, 6.45) is 13.0. The van der Waals surface area contributed by atoms with Crippen molar-refractivity contribution in [2.24, 2.45) is 23.2 Å². The summed E-state index contributed by atoms with van der Waals surface area (Å²) in [4.78, 5) is 77.4. The number of hydrogen-bond acceptors (Lipinski definition) is 9. The number of methoxy groups -OCH3 is 2. The first-order chi connectivity index (χ1) is 30.3. The molecule has 5 fully saturated rings. The maximum Gasteiger partial charge on any atom is 0.407 e. The van der Waals surface area contributed by atoms with Crippen LogP contribution in [-0.4, -0.2) is 107 Å². The number of fused-ring (bicyclic) bond motifs is 2. The molecule has 0 bridgehead atoms. The highest BCUT2D eigenvalue weighted by molar-refractivity contribution is 5.87. The molecular formula is C48H66N8O7. The van der Waals surface area contributed by atoms with E-state index in [0.717, 1.165) is 63.4 Å². The summed E-state index contributed by atoms with van der Waals surface area (Å²) in [6.45, 7) is 8.79. The fourth-order valence-electron chi connectivity index (χ4n) is 11.8. The SMILES string of the molecule is COC(=O)N[C@H](C(=O)N1CCC[C@H]1c1ncc(C#Cc2ccc(C3CCC4NC([C@@H]5CCCN5C(=O)[C@@H](NC(=O)OC)C(C)C)NC(=O)C4C3)c3c2CC2(CCCC2)C3)[nH]1)C(C)C. The Labute approximate surface area is 371 Å². The van der Waals surface area contributed by atoms with Gasteiger partial charge in [-0.3, -0.25) is 19.7 Å². The highest BCUT2D eigenvalue weighted by Gasteiger charge is 2.48. The lowest BCUT2D eigenvalue weighted by molar-refractivity contribution is -0.139. The normalized spacial score (nSPS) is 27.0. The van der Waals surface area contributed by atoms with E-state index in [2.05, 4.69) is 50.2 Å². The van der Waals surface area contributed by atoms with Crippen molar-refractivity contribution in [1.82, 2.24) is 41.0 Å². The zero-order valence-corrected chi connectivity index (χ0v) is 37.8. The van der Waals surface area contributed by atoms with Crippen LogP contribution in [0.2, 0.25) is 0 Å². The third-order valence-electron chi connectivity index (χ3n) is 15.1. The molecule has 1 aromatic carbocycles. The first-order valence-corrected chi connectivity index (χ1v) is 23.4. The van der Waals surface area contributed by atoms with E-state index in [-0.39, 0.29) is 71.1 Å². The van der Waals surface area contributed by atoms with E-state index in [0.29, 0.717) is 24.6 Å². The molecule has 0 radical (unpaired) electrons. The molecule has 1 spiro atoms. The van der Waals surface area contributed by atoms with Gasteiger partial charge in [0.25, 0.3) is 0 Å². The van der Waals surface area contributed by atoms with Gasteiger partial charge < -0.3 is 40.2 Å². The van der Waals surface area contributed by atoms with Crippen molar-refractivity contribution >= 4 is 29.9 Å². The zero-order chi connectivity index (χ0) is 44.6. The van der Waals surface area contributed by atoms with Crippen LogP contribution in [-0.2, 0) is 36.7 Å². The van der Waals surface area contributed by atoms with Crippen LogP contribution in [0.4, 0.5) is 9.59 Å². The molecule has 2 aromatic rings. The number of likely N-dealkylation sites (tertiary alicyclic amines) is 2. The molecule has 8 atom stereocenters. The number of nitrogens with zero attached hydrogens (tertiary/aromatic N) is 3. The van der Waals surface area contributed by atoms with Crippen molar-refractivity contribution in [3.63, 3.8) is 0 Å². The molecule has 1 aromatic heterocycles. The maximum atomic E-state index is 14.0. The Hall–Kier alpha value is -5.10. The molecule has 3 saturated heterocycles. The van der Waals surface area contributed by atoms with Gasteiger partial charge in [-0.25, -0.2) is 14.6 Å². The molecule has 5 N–H and O–H groups in total. The van der Waals surface area contributed by atoms with Gasteiger partial charge in [-0.1, -0.05) is 52.5 Å². The molecule has 3 aliphatic heterocycles. The van der Waals surface area contributed by atoms with Gasteiger partial charge in [0.15, 0.2) is 0 Å². The Morgan fingerprint density at radius 3 is 2.16 bits per heavy atom. The fraction of sp³-hybridized carbons (Fsp3) is 0.667. The van der Waals surface area contributed by atoms with Gasteiger partial charge in [0.2, 0.25) is 17.7 Å². The smallest absolute Gasteiger partial charge is 0.407 e. The van der Waals surface area contributed by atoms with Gasteiger partial charge in [0, 0.05) is 24.7 Å². The number of carbonyl (C=O) groups is 5. The number of imidazole rings is 1. The van der Waals surface area contributed by atoms with Crippen molar-refractivity contribution in [2.75, 3.05) is 27.3 Å². The van der Waals surface area contributed by atoms with Crippen molar-refractivity contribution in [3.8, 4) is 11.8 Å². The second-order valence-corrected chi connectivity index (χ2v) is 19.7. The Morgan fingerprint density at radius 1 is 0.825 bits per heavy atom. The summed E-state index contributed by atoms with van der Waals surface area (Å²) in [5, 5.41) is 12.5. The number of ether oxygens (including phenoxy) is 2. The van der Waals surface area contributed by atoms with Crippen LogP contribution >= 0.6 is 0 Å². The molecule has 5 amide bonds. The molecule has 4 unspecified atom stereocenters. The minimum absolute atomic E-state index is 0.0212. The van der Waals surface area contributed by atoms with Crippen LogP contribution in [0.25, 0.3) is 0 Å². The summed E-state index contributed by atoms with van der Waals surface area (Å²) in [7, 11) is 2.59. The first kappa shape index (κ1) is 44.5. The second-order valence-electron chi connectivity index (χ2n) is 19.7. The lowest BCUT2D eigenvalue weighted by Crippen LogP contribution is -2.68. The lowest BCUT2D eigenvalue weighted by Gasteiger charge is -2.46. The number of carbonyl (C=O) groups excluding carboxylic acids is 5. The van der Waals surface area contributed by atoms with Gasteiger partial charge in [-0.2, -0.15) is 0 Å². The molecule has 63 heavy (non-hydrogen) atoms. The van der Waals surface area contributed by atoms with E-state index in [9.17, 15) is 24.0 Å². The third kappa shape index (κ3) is 9.02. The van der Waals surface area contributed by atoms with Crippen LogP contribution in [0, 0.1) is 35.0 Å². The first-order valence-electron chi connectivity index (χ1n) is 23.4. The summed E-state index contributed by atoms with van der Waals surface area (Å²) < 4.78 is 9.60. The predicted octanol–water partition coefficient (Wildman–Crippen LogP) is 5.18. The third-order valence-corrected chi connectivity index (χ3v) is 15.1. The van der Waals surface area contributed by atoms with E-state index >= 15 is 0 Å². The molecule has 15 nitrogen and oxygen atoms in total. The number of aromatic nitrogens is 2. The number of aromatic amines is 1. The zero-order valence-electron chi connectivity index (χ0n) is 37.8. The largest absolute Gasteiger partial charge is 0.453 e. The molecule has 15 heteroatoms. The molecule has 340 valence electrons. The van der Waals surface area contributed by atoms with Gasteiger partial charge in [0.1, 0.15) is 29.8 Å². The van der Waals surface area contributed by atoms with Gasteiger partial charge in [-0.05, 0) is 122 Å².